The summed E-state index contributed by atoms with van der Waals surface area (Å²) in [5.74, 6) is 0. The molecule has 0 aromatic carbocycles. The van der Waals surface area contributed by atoms with Gasteiger partial charge in [-0.2, -0.15) is 0 Å². The zero-order chi connectivity index (χ0) is 7.82. The largest absolute Gasteiger partial charge is 0.0958 e. The van der Waals surface area contributed by atoms with Gasteiger partial charge in [-0.15, -0.1) is 0 Å². The number of rotatable bonds is 5. The van der Waals surface area contributed by atoms with Gasteiger partial charge in [0.2, 0.25) is 0 Å². The quantitative estimate of drug-likeness (QED) is 0.508. The van der Waals surface area contributed by atoms with Gasteiger partial charge in [-0.25, -0.2) is 0 Å². The van der Waals surface area contributed by atoms with Crippen LogP contribution in [0.25, 0.3) is 0 Å². The monoisotopic (exact) mass is 138 g/mol. The fourth-order valence-electron chi connectivity index (χ4n) is 0.821. The Morgan fingerprint density at radius 3 is 2.50 bits per heavy atom. The van der Waals surface area contributed by atoms with E-state index in [0.29, 0.717) is 0 Å². The van der Waals surface area contributed by atoms with Crippen molar-refractivity contribution in [2.24, 2.45) is 0 Å². The van der Waals surface area contributed by atoms with Crippen LogP contribution in [0.15, 0.2) is 24.3 Å². The van der Waals surface area contributed by atoms with E-state index in [1.165, 1.54) is 24.8 Å². The van der Waals surface area contributed by atoms with Gasteiger partial charge in [0, 0.05) is 0 Å². The van der Waals surface area contributed by atoms with Gasteiger partial charge in [-0.3, -0.25) is 0 Å². The molecule has 0 aliphatic heterocycles. The maximum Gasteiger partial charge on any atom is -0.0287 e. The fourth-order valence-corrected chi connectivity index (χ4v) is 0.821. The Morgan fingerprint density at radius 2 is 2.00 bits per heavy atom. The number of unbranched alkanes of at least 4 members (excludes halogenated alkanes) is 1. The first-order valence-electron chi connectivity index (χ1n) is 4.15. The third kappa shape index (κ3) is 5.61. The van der Waals surface area contributed by atoms with Gasteiger partial charge in [-0.1, -0.05) is 51.0 Å². The predicted molar refractivity (Wildman–Crippen MR) is 48.1 cm³/mol. The van der Waals surface area contributed by atoms with Crippen LogP contribution in [-0.4, -0.2) is 0 Å². The molecule has 0 nitrogen and oxygen atoms in total. The second-order valence-corrected chi connectivity index (χ2v) is 2.60. The summed E-state index contributed by atoms with van der Waals surface area (Å²) in [6, 6.07) is 0. The second kappa shape index (κ2) is 6.60. The van der Waals surface area contributed by atoms with E-state index < -0.39 is 0 Å². The molecule has 0 saturated heterocycles. The molecule has 0 amide bonds. The topological polar surface area (TPSA) is 0 Å². The molecular weight excluding hydrogens is 120 g/mol. The third-order valence-electron chi connectivity index (χ3n) is 1.38. The number of hydrogen-bond acceptors (Lipinski definition) is 0. The van der Waals surface area contributed by atoms with Crippen molar-refractivity contribution in [1.82, 2.24) is 0 Å². The molecule has 0 heteroatoms. The minimum absolute atomic E-state index is 1.14. The van der Waals surface area contributed by atoms with E-state index in [-0.39, 0.29) is 0 Å². The van der Waals surface area contributed by atoms with Crippen molar-refractivity contribution in [1.29, 1.82) is 0 Å². The molecule has 0 saturated carbocycles. The van der Waals surface area contributed by atoms with Crippen LogP contribution in [0, 0.1) is 0 Å². The van der Waals surface area contributed by atoms with Crippen LogP contribution in [0.4, 0.5) is 0 Å². The molecule has 0 aromatic rings. The number of hydrogen-bond donors (Lipinski definition) is 0. The van der Waals surface area contributed by atoms with Crippen LogP contribution in [-0.2, 0) is 0 Å². The smallest absolute Gasteiger partial charge is 0.0287 e. The summed E-state index contributed by atoms with van der Waals surface area (Å²) in [6.07, 6.45) is 9.11. The molecule has 58 valence electrons. The Labute approximate surface area is 64.6 Å². The SMILES string of the molecule is C=C(C=CCCC)CCC. The van der Waals surface area contributed by atoms with Crippen LogP contribution in [0.5, 0.6) is 0 Å². The fraction of sp³-hybridized carbons (Fsp3) is 0.600. The van der Waals surface area contributed by atoms with Crippen molar-refractivity contribution in [3.05, 3.63) is 24.3 Å². The summed E-state index contributed by atoms with van der Waals surface area (Å²) in [5, 5.41) is 0. The molecular formula is C10H18. The molecule has 0 N–H and O–H groups in total. The third-order valence-corrected chi connectivity index (χ3v) is 1.38. The molecule has 0 fully saturated rings. The lowest BCUT2D eigenvalue weighted by Crippen LogP contribution is -1.73. The van der Waals surface area contributed by atoms with E-state index >= 15 is 0 Å². The van der Waals surface area contributed by atoms with Gasteiger partial charge in [0.05, 0.1) is 0 Å². The summed E-state index contributed by atoms with van der Waals surface area (Å²) in [4.78, 5) is 0. The highest BCUT2D eigenvalue weighted by Gasteiger charge is 1.83. The Balaban J connectivity index is 3.36. The Morgan fingerprint density at radius 1 is 1.30 bits per heavy atom. The van der Waals surface area contributed by atoms with E-state index in [9.17, 15) is 0 Å². The molecule has 0 aliphatic carbocycles. The Hall–Kier alpha value is -0.520. The normalized spacial score (nSPS) is 10.6. The lowest BCUT2D eigenvalue weighted by molar-refractivity contribution is 0.920. The maximum atomic E-state index is 3.93. The molecule has 0 rings (SSSR count). The first kappa shape index (κ1) is 9.48. The van der Waals surface area contributed by atoms with E-state index in [2.05, 4.69) is 32.6 Å². The minimum Gasteiger partial charge on any atom is -0.0958 e. The van der Waals surface area contributed by atoms with E-state index in [0.717, 1.165) is 6.42 Å². The summed E-state index contributed by atoms with van der Waals surface area (Å²) < 4.78 is 0. The van der Waals surface area contributed by atoms with Crippen molar-refractivity contribution in [2.75, 3.05) is 0 Å². The summed E-state index contributed by atoms with van der Waals surface area (Å²) in [7, 11) is 0. The van der Waals surface area contributed by atoms with Gasteiger partial charge >= 0.3 is 0 Å². The zero-order valence-corrected chi connectivity index (χ0v) is 7.19. The molecule has 0 unspecified atom stereocenters. The van der Waals surface area contributed by atoms with Crippen molar-refractivity contribution in [2.45, 2.75) is 39.5 Å². The van der Waals surface area contributed by atoms with Crippen LogP contribution in [0.1, 0.15) is 39.5 Å². The molecule has 0 bridgehead atoms. The highest BCUT2D eigenvalue weighted by Crippen LogP contribution is 2.03. The van der Waals surface area contributed by atoms with Gasteiger partial charge in [0.25, 0.3) is 0 Å². The van der Waals surface area contributed by atoms with Gasteiger partial charge < -0.3 is 0 Å². The van der Waals surface area contributed by atoms with Crippen molar-refractivity contribution < 1.29 is 0 Å². The first-order chi connectivity index (χ1) is 4.81. The minimum atomic E-state index is 1.14. The highest BCUT2D eigenvalue weighted by molar-refractivity contribution is 5.13. The van der Waals surface area contributed by atoms with E-state index in [4.69, 9.17) is 0 Å². The lowest BCUT2D eigenvalue weighted by Gasteiger charge is -1.93. The summed E-state index contributed by atoms with van der Waals surface area (Å²) in [5.41, 5.74) is 1.26. The Bertz CT molecular complexity index is 109. The summed E-state index contributed by atoms with van der Waals surface area (Å²) in [6.45, 7) is 8.30. The van der Waals surface area contributed by atoms with Crippen molar-refractivity contribution in [3.8, 4) is 0 Å². The van der Waals surface area contributed by atoms with Crippen LogP contribution < -0.4 is 0 Å². The Kier molecular flexibility index (Phi) is 6.25. The van der Waals surface area contributed by atoms with Gasteiger partial charge in [0.15, 0.2) is 0 Å². The summed E-state index contributed by atoms with van der Waals surface area (Å²) >= 11 is 0. The van der Waals surface area contributed by atoms with E-state index in [1.54, 1.807) is 0 Å². The maximum absolute atomic E-state index is 3.93. The second-order valence-electron chi connectivity index (χ2n) is 2.60. The molecule has 0 aliphatic rings. The van der Waals surface area contributed by atoms with Crippen molar-refractivity contribution in [3.63, 3.8) is 0 Å². The molecule has 0 atom stereocenters. The molecule has 10 heavy (non-hydrogen) atoms. The molecule has 0 radical (unpaired) electrons. The van der Waals surface area contributed by atoms with Crippen LogP contribution in [0.2, 0.25) is 0 Å². The molecule has 0 aromatic heterocycles. The van der Waals surface area contributed by atoms with Crippen LogP contribution in [0.3, 0.4) is 0 Å². The van der Waals surface area contributed by atoms with Gasteiger partial charge in [0.1, 0.15) is 0 Å². The zero-order valence-electron chi connectivity index (χ0n) is 7.19. The van der Waals surface area contributed by atoms with Gasteiger partial charge in [-0.05, 0) is 12.8 Å². The predicted octanol–water partition coefficient (Wildman–Crippen LogP) is 3.70. The molecule has 0 spiro atoms. The first-order valence-corrected chi connectivity index (χ1v) is 4.15. The van der Waals surface area contributed by atoms with E-state index in [1.807, 2.05) is 0 Å². The average Bonchev–Trinajstić information content (AvgIpc) is 1.89. The lowest BCUT2D eigenvalue weighted by atomic mass is 10.1. The average molecular weight is 138 g/mol. The van der Waals surface area contributed by atoms with Crippen molar-refractivity contribution >= 4 is 0 Å². The molecule has 0 heterocycles. The standard InChI is InChI=1S/C10H18/c1-4-6-7-9-10(3)8-5-2/h7,9H,3-6,8H2,1-2H3. The van der Waals surface area contributed by atoms with Crippen LogP contribution >= 0.6 is 0 Å². The highest BCUT2D eigenvalue weighted by atomic mass is 13.9. The number of allylic oxidation sites excluding steroid dienone is 3.